The number of nitrogens with zero attached hydrogens (tertiary/aromatic N) is 3. The topological polar surface area (TPSA) is 93.5 Å². The molecular formula is C18H22N4O3S. The summed E-state index contributed by atoms with van der Waals surface area (Å²) in [5.74, 6) is 0.112. The van der Waals surface area contributed by atoms with Crippen molar-refractivity contribution in [2.24, 2.45) is 5.41 Å². The average Bonchev–Trinajstić information content (AvgIpc) is 3.01. The maximum atomic E-state index is 12.9. The molecule has 138 valence electrons. The third-order valence-electron chi connectivity index (χ3n) is 6.01. The molecule has 3 saturated heterocycles. The van der Waals surface area contributed by atoms with Crippen molar-refractivity contribution in [3.05, 3.63) is 29.8 Å². The van der Waals surface area contributed by atoms with Crippen LogP contribution in [0, 0.1) is 16.7 Å². The maximum absolute atomic E-state index is 12.9. The van der Waals surface area contributed by atoms with Crippen molar-refractivity contribution in [1.29, 1.82) is 5.26 Å². The van der Waals surface area contributed by atoms with Gasteiger partial charge in [0.2, 0.25) is 15.9 Å². The highest BCUT2D eigenvalue weighted by atomic mass is 32.2. The summed E-state index contributed by atoms with van der Waals surface area (Å²) in [5, 5.41) is 11.8. The van der Waals surface area contributed by atoms with Gasteiger partial charge < -0.3 is 5.32 Å². The Balaban J connectivity index is 1.46. The number of hydrogen-bond acceptors (Lipinski definition) is 5. The Morgan fingerprint density at radius 1 is 1.15 bits per heavy atom. The summed E-state index contributed by atoms with van der Waals surface area (Å²) in [6, 6.07) is 8.01. The predicted octanol–water partition coefficient (Wildman–Crippen LogP) is 0.533. The number of amides is 1. The number of hydrogen-bond donors (Lipinski definition) is 1. The fraction of sp³-hybridized carbons (Fsp3) is 0.556. The second-order valence-corrected chi connectivity index (χ2v) is 9.46. The summed E-state index contributed by atoms with van der Waals surface area (Å²) in [6.45, 7) is 3.42. The molecule has 1 aromatic carbocycles. The number of nitriles is 1. The molecule has 0 aliphatic carbocycles. The van der Waals surface area contributed by atoms with Crippen LogP contribution >= 0.6 is 0 Å². The van der Waals surface area contributed by atoms with E-state index in [1.807, 2.05) is 6.07 Å². The van der Waals surface area contributed by atoms with Gasteiger partial charge in [-0.15, -0.1) is 0 Å². The molecule has 26 heavy (non-hydrogen) atoms. The highest BCUT2D eigenvalue weighted by molar-refractivity contribution is 7.89. The minimum Gasteiger partial charge on any atom is -0.353 e. The van der Waals surface area contributed by atoms with Crippen molar-refractivity contribution in [3.8, 4) is 6.07 Å². The molecule has 0 radical (unpaired) electrons. The van der Waals surface area contributed by atoms with E-state index in [1.54, 1.807) is 0 Å². The second-order valence-electron chi connectivity index (χ2n) is 7.52. The van der Waals surface area contributed by atoms with Gasteiger partial charge >= 0.3 is 0 Å². The zero-order valence-corrected chi connectivity index (χ0v) is 15.3. The Labute approximate surface area is 153 Å². The first kappa shape index (κ1) is 17.5. The highest BCUT2D eigenvalue weighted by Gasteiger charge is 2.49. The Kier molecular flexibility index (Phi) is 4.26. The third kappa shape index (κ3) is 2.90. The minimum absolute atomic E-state index is 0.0447. The second kappa shape index (κ2) is 6.34. The largest absolute Gasteiger partial charge is 0.353 e. The Hall–Kier alpha value is -1.95. The first-order chi connectivity index (χ1) is 12.4. The van der Waals surface area contributed by atoms with Crippen LogP contribution in [0.4, 0.5) is 0 Å². The minimum atomic E-state index is -3.54. The molecule has 3 fully saturated rings. The number of carbonyl (C=O) groups is 1. The summed E-state index contributed by atoms with van der Waals surface area (Å²) in [5.41, 5.74) is 0.491. The van der Waals surface area contributed by atoms with E-state index < -0.39 is 10.0 Å². The summed E-state index contributed by atoms with van der Waals surface area (Å²) in [4.78, 5) is 14.6. The molecule has 1 amide bonds. The number of piperidine rings is 1. The van der Waals surface area contributed by atoms with Crippen molar-refractivity contribution in [3.63, 3.8) is 0 Å². The van der Waals surface area contributed by atoms with Crippen LogP contribution < -0.4 is 5.32 Å². The molecule has 3 heterocycles. The van der Waals surface area contributed by atoms with Crippen LogP contribution in [0.25, 0.3) is 0 Å². The predicted molar refractivity (Wildman–Crippen MR) is 94.6 cm³/mol. The fourth-order valence-electron chi connectivity index (χ4n) is 4.49. The van der Waals surface area contributed by atoms with E-state index in [2.05, 4.69) is 10.2 Å². The lowest BCUT2D eigenvalue weighted by Crippen LogP contribution is -2.52. The van der Waals surface area contributed by atoms with Crippen molar-refractivity contribution >= 4 is 15.9 Å². The zero-order valence-electron chi connectivity index (χ0n) is 14.5. The Bertz CT molecular complexity index is 851. The van der Waals surface area contributed by atoms with E-state index in [4.69, 9.17) is 5.26 Å². The molecule has 0 saturated carbocycles. The molecule has 3 aliphatic heterocycles. The molecular weight excluding hydrogens is 352 g/mol. The molecule has 1 unspecified atom stereocenters. The van der Waals surface area contributed by atoms with Gasteiger partial charge in [0, 0.05) is 32.7 Å². The molecule has 0 aromatic heterocycles. The Morgan fingerprint density at radius 2 is 1.85 bits per heavy atom. The van der Waals surface area contributed by atoms with Gasteiger partial charge in [-0.1, -0.05) is 0 Å². The average molecular weight is 374 g/mol. The van der Waals surface area contributed by atoms with E-state index in [-0.39, 0.29) is 22.3 Å². The lowest BCUT2D eigenvalue weighted by molar-refractivity contribution is -0.127. The molecule has 0 bridgehead atoms. The first-order valence-electron chi connectivity index (χ1n) is 8.96. The van der Waals surface area contributed by atoms with Crippen LogP contribution in [0.3, 0.4) is 0 Å². The van der Waals surface area contributed by atoms with Crippen molar-refractivity contribution in [2.45, 2.75) is 30.2 Å². The number of piperazine rings is 1. The van der Waals surface area contributed by atoms with Crippen LogP contribution in [0.2, 0.25) is 0 Å². The first-order valence-corrected chi connectivity index (χ1v) is 10.4. The molecule has 7 nitrogen and oxygen atoms in total. The number of sulfonamides is 1. The quantitative estimate of drug-likeness (QED) is 0.815. The highest BCUT2D eigenvalue weighted by Crippen LogP contribution is 2.44. The molecule has 1 atom stereocenters. The smallest absolute Gasteiger partial charge is 0.243 e. The molecule has 1 aromatic rings. The van der Waals surface area contributed by atoms with Crippen LogP contribution in [0.5, 0.6) is 0 Å². The number of carbonyl (C=O) groups excluding carboxylic acids is 1. The van der Waals surface area contributed by atoms with Crippen LogP contribution in [-0.2, 0) is 14.8 Å². The number of nitrogens with one attached hydrogen (secondary N) is 1. The summed E-state index contributed by atoms with van der Waals surface area (Å²) >= 11 is 0. The van der Waals surface area contributed by atoms with E-state index in [0.717, 1.165) is 32.4 Å². The summed E-state index contributed by atoms with van der Waals surface area (Å²) in [6.07, 6.45) is 2.38. The van der Waals surface area contributed by atoms with Crippen LogP contribution in [0.15, 0.2) is 29.2 Å². The van der Waals surface area contributed by atoms with Gasteiger partial charge in [0.15, 0.2) is 0 Å². The van der Waals surface area contributed by atoms with E-state index >= 15 is 0 Å². The van der Waals surface area contributed by atoms with Gasteiger partial charge in [-0.25, -0.2) is 8.42 Å². The molecule has 1 spiro atoms. The van der Waals surface area contributed by atoms with Gasteiger partial charge in [-0.2, -0.15) is 9.57 Å². The monoisotopic (exact) mass is 374 g/mol. The van der Waals surface area contributed by atoms with Crippen LogP contribution in [-0.4, -0.2) is 62.3 Å². The molecule has 3 aliphatic rings. The maximum Gasteiger partial charge on any atom is 0.243 e. The van der Waals surface area contributed by atoms with E-state index in [1.165, 1.54) is 28.6 Å². The lowest BCUT2D eigenvalue weighted by Gasteiger charge is -2.38. The van der Waals surface area contributed by atoms with Crippen molar-refractivity contribution in [2.75, 3.05) is 32.7 Å². The van der Waals surface area contributed by atoms with Crippen LogP contribution in [0.1, 0.15) is 24.8 Å². The number of fused-ring (bicyclic) bond motifs is 1. The van der Waals surface area contributed by atoms with E-state index in [9.17, 15) is 13.2 Å². The third-order valence-corrected chi connectivity index (χ3v) is 7.92. The molecule has 8 heteroatoms. The van der Waals surface area contributed by atoms with Gasteiger partial charge in [-0.05, 0) is 48.9 Å². The number of rotatable bonds is 2. The van der Waals surface area contributed by atoms with Crippen molar-refractivity contribution in [1.82, 2.24) is 14.5 Å². The fourth-order valence-corrected chi connectivity index (χ4v) is 5.93. The SMILES string of the molecule is N#Cc1ccc(S(=O)(=O)N2CCC3(CC2)CC2C(=O)NCCN2C3)cc1. The Morgan fingerprint density at radius 3 is 2.46 bits per heavy atom. The van der Waals surface area contributed by atoms with Gasteiger partial charge in [-0.3, -0.25) is 9.69 Å². The summed E-state index contributed by atoms with van der Waals surface area (Å²) in [7, 11) is -3.54. The normalized spacial score (nSPS) is 26.3. The standard InChI is InChI=1S/C18H22N4O3S/c19-12-14-1-3-15(4-2-14)26(24,25)22-8-5-18(6-9-22)11-16-17(23)20-7-10-21(16)13-18/h1-4,16H,5-11,13H2,(H,20,23). The van der Waals surface area contributed by atoms with E-state index in [0.29, 0.717) is 25.2 Å². The summed E-state index contributed by atoms with van der Waals surface area (Å²) < 4.78 is 27.3. The van der Waals surface area contributed by atoms with Gasteiger partial charge in [0.25, 0.3) is 0 Å². The van der Waals surface area contributed by atoms with Crippen molar-refractivity contribution < 1.29 is 13.2 Å². The van der Waals surface area contributed by atoms with Gasteiger partial charge in [0.1, 0.15) is 0 Å². The lowest BCUT2D eigenvalue weighted by atomic mass is 9.77. The molecule has 4 rings (SSSR count). The van der Waals surface area contributed by atoms with Gasteiger partial charge in [0.05, 0.1) is 22.6 Å². The zero-order chi connectivity index (χ0) is 18.4. The number of benzene rings is 1. The molecule has 1 N–H and O–H groups in total.